The van der Waals surface area contributed by atoms with Crippen molar-refractivity contribution >= 4 is 40.9 Å². The molecular weight excluding hydrogens is 358 g/mol. The number of urea groups is 1. The van der Waals surface area contributed by atoms with Crippen LogP contribution in [0.2, 0.25) is 0 Å². The molecule has 0 aromatic carbocycles. The minimum atomic E-state index is -0.693. The fraction of sp³-hybridized carbons (Fsp3) is 0.588. The highest BCUT2D eigenvalue weighted by atomic mass is 32.2. The third-order valence-corrected chi connectivity index (χ3v) is 7.10. The van der Waals surface area contributed by atoms with Crippen molar-refractivity contribution in [3.63, 3.8) is 0 Å². The summed E-state index contributed by atoms with van der Waals surface area (Å²) in [6.45, 7) is 1.57. The summed E-state index contributed by atoms with van der Waals surface area (Å²) in [7, 11) is 0. The minimum absolute atomic E-state index is 0.0234. The van der Waals surface area contributed by atoms with E-state index in [9.17, 15) is 14.4 Å². The van der Waals surface area contributed by atoms with Crippen LogP contribution in [0, 0.1) is 5.92 Å². The summed E-state index contributed by atoms with van der Waals surface area (Å²) in [4.78, 5) is 41.8. The van der Waals surface area contributed by atoms with Crippen molar-refractivity contribution in [2.75, 3.05) is 24.6 Å². The molecule has 25 heavy (non-hydrogen) atoms. The molecule has 8 heteroatoms. The number of nitrogens with zero attached hydrogens (tertiary/aromatic N) is 2. The molecule has 1 unspecified atom stereocenters. The monoisotopic (exact) mass is 379 g/mol. The molecule has 1 atom stereocenters. The predicted octanol–water partition coefficient (Wildman–Crippen LogP) is 1.91. The number of carbonyl (C=O) groups excluding carboxylic acids is 3. The van der Waals surface area contributed by atoms with Gasteiger partial charge in [-0.05, 0) is 35.8 Å². The molecule has 3 fully saturated rings. The molecule has 1 aromatic heterocycles. The van der Waals surface area contributed by atoms with Crippen molar-refractivity contribution in [1.29, 1.82) is 0 Å². The van der Waals surface area contributed by atoms with Crippen LogP contribution < -0.4 is 5.32 Å². The van der Waals surface area contributed by atoms with E-state index < -0.39 is 5.54 Å². The second-order valence-electron chi connectivity index (χ2n) is 6.96. The Bertz CT molecular complexity index is 685. The van der Waals surface area contributed by atoms with Crippen LogP contribution in [-0.2, 0) is 16.1 Å². The van der Waals surface area contributed by atoms with Gasteiger partial charge in [-0.3, -0.25) is 14.5 Å². The van der Waals surface area contributed by atoms with Crippen molar-refractivity contribution in [3.05, 3.63) is 22.4 Å². The van der Waals surface area contributed by atoms with Crippen LogP contribution in [0.1, 0.15) is 24.1 Å². The Hall–Kier alpha value is -1.54. The van der Waals surface area contributed by atoms with Gasteiger partial charge < -0.3 is 10.2 Å². The van der Waals surface area contributed by atoms with Gasteiger partial charge in [0.15, 0.2) is 0 Å². The number of likely N-dealkylation sites (tertiary alicyclic amines) is 1. The van der Waals surface area contributed by atoms with Gasteiger partial charge in [0, 0.05) is 30.3 Å². The Morgan fingerprint density at radius 1 is 1.24 bits per heavy atom. The number of thioether (sulfide) groups is 1. The Morgan fingerprint density at radius 3 is 2.76 bits per heavy atom. The van der Waals surface area contributed by atoms with Gasteiger partial charge in [0.25, 0.3) is 5.91 Å². The van der Waals surface area contributed by atoms with Gasteiger partial charge in [-0.1, -0.05) is 6.07 Å². The first-order chi connectivity index (χ1) is 12.1. The third kappa shape index (κ3) is 3.17. The van der Waals surface area contributed by atoms with Crippen molar-refractivity contribution in [1.82, 2.24) is 15.1 Å². The molecule has 4 heterocycles. The fourth-order valence-electron chi connectivity index (χ4n) is 3.88. The highest BCUT2D eigenvalue weighted by Gasteiger charge is 2.52. The maximum Gasteiger partial charge on any atom is 0.325 e. The lowest BCUT2D eigenvalue weighted by molar-refractivity contribution is -0.132. The zero-order chi connectivity index (χ0) is 17.4. The molecule has 1 N–H and O–H groups in total. The lowest BCUT2D eigenvalue weighted by Gasteiger charge is -2.30. The van der Waals surface area contributed by atoms with Crippen molar-refractivity contribution in [3.8, 4) is 0 Å². The Morgan fingerprint density at radius 2 is 2.04 bits per heavy atom. The van der Waals surface area contributed by atoms with Crippen LogP contribution in [0.3, 0.4) is 0 Å². The molecule has 0 saturated carbocycles. The number of nitrogens with one attached hydrogen (secondary N) is 1. The molecule has 4 rings (SSSR count). The molecule has 6 nitrogen and oxygen atoms in total. The van der Waals surface area contributed by atoms with E-state index in [1.54, 1.807) is 11.3 Å². The van der Waals surface area contributed by atoms with E-state index in [0.29, 0.717) is 38.9 Å². The van der Waals surface area contributed by atoms with Gasteiger partial charge in [0.05, 0.1) is 6.54 Å². The number of hydrogen-bond acceptors (Lipinski definition) is 5. The van der Waals surface area contributed by atoms with Crippen molar-refractivity contribution in [2.24, 2.45) is 5.92 Å². The fourth-order valence-corrected chi connectivity index (χ4v) is 5.79. The highest BCUT2D eigenvalue weighted by Crippen LogP contribution is 2.33. The number of imide groups is 1. The van der Waals surface area contributed by atoms with Gasteiger partial charge in [-0.25, -0.2) is 4.79 Å². The van der Waals surface area contributed by atoms with E-state index in [4.69, 9.17) is 0 Å². The lowest BCUT2D eigenvalue weighted by atomic mass is 9.92. The largest absolute Gasteiger partial charge is 0.337 e. The zero-order valence-corrected chi connectivity index (χ0v) is 15.5. The summed E-state index contributed by atoms with van der Waals surface area (Å²) in [5.41, 5.74) is -0.693. The van der Waals surface area contributed by atoms with Crippen LogP contribution in [0.5, 0.6) is 0 Å². The molecular formula is C17H21N3O3S2. The summed E-state index contributed by atoms with van der Waals surface area (Å²) in [6, 6.07) is 3.71. The second kappa shape index (κ2) is 6.64. The van der Waals surface area contributed by atoms with Crippen LogP contribution in [-0.4, -0.2) is 57.8 Å². The first kappa shape index (κ1) is 16.9. The standard InChI is InChI=1S/C17H21N3O3S2/c21-14-8-12(9-19(14)11-13-2-1-5-25-13)10-20-15(22)17(18-16(20)23)3-6-24-7-4-17/h1-2,5,12H,3-4,6-11H2,(H,18,23). The first-order valence-electron chi connectivity index (χ1n) is 8.59. The van der Waals surface area contributed by atoms with Crippen LogP contribution in [0.4, 0.5) is 4.79 Å². The number of hydrogen-bond donors (Lipinski definition) is 1. The molecule has 0 bridgehead atoms. The molecule has 3 saturated heterocycles. The van der Waals surface area contributed by atoms with Crippen LogP contribution >= 0.6 is 23.1 Å². The van der Waals surface area contributed by atoms with E-state index in [2.05, 4.69) is 5.32 Å². The topological polar surface area (TPSA) is 69.7 Å². The SMILES string of the molecule is O=C1CC(CN2C(=O)NC3(CCSCC3)C2=O)CN1Cc1cccs1. The molecule has 1 aromatic rings. The van der Waals surface area contributed by atoms with Gasteiger partial charge in [0.1, 0.15) is 5.54 Å². The molecule has 3 aliphatic rings. The average molecular weight is 380 g/mol. The van der Waals surface area contributed by atoms with E-state index in [1.165, 1.54) is 4.90 Å². The summed E-state index contributed by atoms with van der Waals surface area (Å²) in [5.74, 6) is 1.83. The lowest BCUT2D eigenvalue weighted by Crippen LogP contribution is -2.49. The Balaban J connectivity index is 1.40. The molecule has 0 aliphatic carbocycles. The van der Waals surface area contributed by atoms with Gasteiger partial charge in [-0.15, -0.1) is 11.3 Å². The van der Waals surface area contributed by atoms with Crippen molar-refractivity contribution < 1.29 is 14.4 Å². The van der Waals surface area contributed by atoms with E-state index >= 15 is 0 Å². The van der Waals surface area contributed by atoms with Crippen molar-refractivity contribution in [2.45, 2.75) is 31.3 Å². The van der Waals surface area contributed by atoms with E-state index in [0.717, 1.165) is 16.4 Å². The van der Waals surface area contributed by atoms with Crippen LogP contribution in [0.25, 0.3) is 0 Å². The quantitative estimate of drug-likeness (QED) is 0.812. The molecule has 4 amide bonds. The van der Waals surface area contributed by atoms with Gasteiger partial charge in [0.2, 0.25) is 5.91 Å². The number of carbonyl (C=O) groups is 3. The highest BCUT2D eigenvalue weighted by molar-refractivity contribution is 7.99. The molecule has 0 radical (unpaired) electrons. The zero-order valence-electron chi connectivity index (χ0n) is 13.9. The Labute approximate surface area is 154 Å². The predicted molar refractivity (Wildman–Crippen MR) is 97.4 cm³/mol. The maximum absolute atomic E-state index is 12.8. The summed E-state index contributed by atoms with van der Waals surface area (Å²) >= 11 is 3.46. The second-order valence-corrected chi connectivity index (χ2v) is 9.22. The number of thiophene rings is 1. The maximum atomic E-state index is 12.8. The normalized spacial score (nSPS) is 25.9. The van der Waals surface area contributed by atoms with Gasteiger partial charge >= 0.3 is 6.03 Å². The number of amides is 4. The number of rotatable bonds is 4. The van der Waals surface area contributed by atoms with E-state index in [-0.39, 0.29) is 23.8 Å². The first-order valence-corrected chi connectivity index (χ1v) is 10.6. The smallest absolute Gasteiger partial charge is 0.325 e. The summed E-state index contributed by atoms with van der Waals surface area (Å²) in [5, 5.41) is 4.93. The van der Waals surface area contributed by atoms with Gasteiger partial charge in [-0.2, -0.15) is 11.8 Å². The average Bonchev–Trinajstić information content (AvgIpc) is 3.27. The Kier molecular flexibility index (Phi) is 4.49. The molecule has 134 valence electrons. The van der Waals surface area contributed by atoms with Crippen LogP contribution in [0.15, 0.2) is 17.5 Å². The summed E-state index contributed by atoms with van der Waals surface area (Å²) < 4.78 is 0. The summed E-state index contributed by atoms with van der Waals surface area (Å²) in [6.07, 6.45) is 1.81. The molecule has 1 spiro atoms. The minimum Gasteiger partial charge on any atom is -0.337 e. The molecule has 3 aliphatic heterocycles. The van der Waals surface area contributed by atoms with E-state index in [1.807, 2.05) is 34.2 Å². The third-order valence-electron chi connectivity index (χ3n) is 5.25.